The SMILES string of the molecule is Cc1ccc(C(=O)N(C)C)cc1NC(=O)c1cscn1. The number of nitrogens with one attached hydrogen (secondary N) is 1. The van der Waals surface area contributed by atoms with Crippen molar-refractivity contribution in [3.63, 3.8) is 0 Å². The Morgan fingerprint density at radius 1 is 1.30 bits per heavy atom. The van der Waals surface area contributed by atoms with Gasteiger partial charge in [0.2, 0.25) is 0 Å². The van der Waals surface area contributed by atoms with E-state index in [-0.39, 0.29) is 11.8 Å². The molecule has 5 nitrogen and oxygen atoms in total. The smallest absolute Gasteiger partial charge is 0.275 e. The van der Waals surface area contributed by atoms with Crippen LogP contribution in [0.3, 0.4) is 0 Å². The Bertz CT molecular complexity index is 636. The number of amides is 2. The topological polar surface area (TPSA) is 62.3 Å². The molecule has 2 amide bonds. The van der Waals surface area contributed by atoms with Crippen LogP contribution >= 0.6 is 11.3 Å². The molecular formula is C14H15N3O2S. The maximum absolute atomic E-state index is 12.0. The summed E-state index contributed by atoms with van der Waals surface area (Å²) in [6.45, 7) is 1.88. The molecule has 0 atom stereocenters. The predicted molar refractivity (Wildman–Crippen MR) is 79.3 cm³/mol. The van der Waals surface area contributed by atoms with Gasteiger partial charge in [-0.25, -0.2) is 4.98 Å². The predicted octanol–water partition coefficient (Wildman–Crippen LogP) is 2.41. The molecule has 0 spiro atoms. The monoisotopic (exact) mass is 289 g/mol. The van der Waals surface area contributed by atoms with Crippen molar-refractivity contribution in [2.24, 2.45) is 0 Å². The Balaban J connectivity index is 2.25. The third-order valence-electron chi connectivity index (χ3n) is 2.80. The lowest BCUT2D eigenvalue weighted by Gasteiger charge is -2.13. The second-order valence-corrected chi connectivity index (χ2v) is 5.28. The molecule has 0 aliphatic heterocycles. The highest BCUT2D eigenvalue weighted by atomic mass is 32.1. The van der Waals surface area contributed by atoms with E-state index in [1.165, 1.54) is 16.2 Å². The molecule has 2 rings (SSSR count). The number of anilines is 1. The van der Waals surface area contributed by atoms with Crippen molar-refractivity contribution in [3.8, 4) is 0 Å². The van der Waals surface area contributed by atoms with Crippen molar-refractivity contribution in [2.45, 2.75) is 6.92 Å². The molecule has 2 aromatic rings. The van der Waals surface area contributed by atoms with Crippen LogP contribution in [0.25, 0.3) is 0 Å². The summed E-state index contributed by atoms with van der Waals surface area (Å²) < 4.78 is 0. The highest BCUT2D eigenvalue weighted by Gasteiger charge is 2.13. The Labute approximate surface area is 121 Å². The first-order valence-corrected chi connectivity index (χ1v) is 6.95. The van der Waals surface area contributed by atoms with Gasteiger partial charge in [-0.1, -0.05) is 6.07 Å². The van der Waals surface area contributed by atoms with Gasteiger partial charge in [0.05, 0.1) is 5.51 Å². The van der Waals surface area contributed by atoms with Gasteiger partial charge in [0.15, 0.2) is 0 Å². The Kier molecular flexibility index (Phi) is 4.14. The summed E-state index contributed by atoms with van der Waals surface area (Å²) in [4.78, 5) is 29.4. The molecule has 0 aliphatic carbocycles. The maximum Gasteiger partial charge on any atom is 0.275 e. The first kappa shape index (κ1) is 14.2. The van der Waals surface area contributed by atoms with Crippen LogP contribution in [0.2, 0.25) is 0 Å². The molecule has 0 aliphatic rings. The van der Waals surface area contributed by atoms with E-state index in [0.717, 1.165) is 5.56 Å². The van der Waals surface area contributed by atoms with E-state index in [0.29, 0.717) is 16.9 Å². The summed E-state index contributed by atoms with van der Waals surface area (Å²) in [5.74, 6) is -0.377. The molecule has 0 bridgehead atoms. The molecule has 1 heterocycles. The highest BCUT2D eigenvalue weighted by Crippen LogP contribution is 2.18. The lowest BCUT2D eigenvalue weighted by Crippen LogP contribution is -2.22. The molecule has 20 heavy (non-hydrogen) atoms. The zero-order valence-corrected chi connectivity index (χ0v) is 12.3. The second kappa shape index (κ2) is 5.83. The summed E-state index contributed by atoms with van der Waals surface area (Å²) in [7, 11) is 3.38. The first-order valence-electron chi connectivity index (χ1n) is 6.01. The van der Waals surface area contributed by atoms with Crippen LogP contribution in [0.15, 0.2) is 29.1 Å². The summed E-state index contributed by atoms with van der Waals surface area (Å²) in [6.07, 6.45) is 0. The number of hydrogen-bond donors (Lipinski definition) is 1. The van der Waals surface area contributed by atoms with Crippen LogP contribution in [-0.4, -0.2) is 35.8 Å². The van der Waals surface area contributed by atoms with Gasteiger partial charge in [-0.2, -0.15) is 0 Å². The van der Waals surface area contributed by atoms with Crippen molar-refractivity contribution >= 4 is 28.8 Å². The molecule has 0 fully saturated rings. The van der Waals surface area contributed by atoms with E-state index < -0.39 is 0 Å². The maximum atomic E-state index is 12.0. The number of aryl methyl sites for hydroxylation is 1. The number of hydrogen-bond acceptors (Lipinski definition) is 4. The molecule has 0 saturated carbocycles. The van der Waals surface area contributed by atoms with E-state index >= 15 is 0 Å². The fourth-order valence-corrected chi connectivity index (χ4v) is 2.19. The first-order chi connectivity index (χ1) is 9.49. The van der Waals surface area contributed by atoms with Gasteiger partial charge in [0, 0.05) is 30.7 Å². The van der Waals surface area contributed by atoms with Crippen molar-refractivity contribution in [1.29, 1.82) is 0 Å². The van der Waals surface area contributed by atoms with Gasteiger partial charge in [-0.05, 0) is 24.6 Å². The zero-order valence-electron chi connectivity index (χ0n) is 11.5. The number of carbonyl (C=O) groups is 2. The van der Waals surface area contributed by atoms with Crippen molar-refractivity contribution in [1.82, 2.24) is 9.88 Å². The van der Waals surface area contributed by atoms with Crippen molar-refractivity contribution in [3.05, 3.63) is 45.9 Å². The number of thiazole rings is 1. The summed E-state index contributed by atoms with van der Waals surface area (Å²) in [6, 6.07) is 5.24. The molecule has 0 unspecified atom stereocenters. The fraction of sp³-hybridized carbons (Fsp3) is 0.214. The molecule has 0 saturated heterocycles. The molecule has 104 valence electrons. The van der Waals surface area contributed by atoms with Crippen LogP contribution in [0.5, 0.6) is 0 Å². The minimum atomic E-state index is -0.274. The molecule has 6 heteroatoms. The van der Waals surface area contributed by atoms with E-state index in [1.54, 1.807) is 37.1 Å². The molecule has 1 N–H and O–H groups in total. The number of aromatic nitrogens is 1. The third kappa shape index (κ3) is 3.03. The van der Waals surface area contributed by atoms with Crippen molar-refractivity contribution < 1.29 is 9.59 Å². The van der Waals surface area contributed by atoms with Gasteiger partial charge in [-0.3, -0.25) is 9.59 Å². The average Bonchev–Trinajstić information content (AvgIpc) is 2.94. The van der Waals surface area contributed by atoms with Crippen LogP contribution in [0, 0.1) is 6.92 Å². The molecule has 0 radical (unpaired) electrons. The van der Waals surface area contributed by atoms with Gasteiger partial charge < -0.3 is 10.2 Å². The average molecular weight is 289 g/mol. The number of benzene rings is 1. The Morgan fingerprint density at radius 2 is 2.05 bits per heavy atom. The van der Waals surface area contributed by atoms with E-state index in [9.17, 15) is 9.59 Å². The standard InChI is InChI=1S/C14H15N3O2S/c1-9-4-5-10(14(19)17(2)3)6-11(9)16-13(18)12-7-20-8-15-12/h4-8H,1-3H3,(H,16,18). The number of rotatable bonds is 3. The molecular weight excluding hydrogens is 274 g/mol. The molecule has 1 aromatic heterocycles. The summed E-state index contributed by atoms with van der Waals surface area (Å²) >= 11 is 1.36. The summed E-state index contributed by atoms with van der Waals surface area (Å²) in [5.41, 5.74) is 4.03. The van der Waals surface area contributed by atoms with Gasteiger partial charge in [-0.15, -0.1) is 11.3 Å². The lowest BCUT2D eigenvalue weighted by atomic mass is 10.1. The van der Waals surface area contributed by atoms with E-state index in [4.69, 9.17) is 0 Å². The quantitative estimate of drug-likeness (QED) is 0.943. The van der Waals surface area contributed by atoms with Gasteiger partial charge >= 0.3 is 0 Å². The number of carbonyl (C=O) groups excluding carboxylic acids is 2. The van der Waals surface area contributed by atoms with Crippen molar-refractivity contribution in [2.75, 3.05) is 19.4 Å². The van der Waals surface area contributed by atoms with Gasteiger partial charge in [0.1, 0.15) is 5.69 Å². The fourth-order valence-electron chi connectivity index (χ4n) is 1.66. The second-order valence-electron chi connectivity index (χ2n) is 4.56. The summed E-state index contributed by atoms with van der Waals surface area (Å²) in [5, 5.41) is 4.46. The van der Waals surface area contributed by atoms with Gasteiger partial charge in [0.25, 0.3) is 11.8 Å². The minimum absolute atomic E-state index is 0.103. The van der Waals surface area contributed by atoms with E-state index in [1.807, 2.05) is 13.0 Å². The number of nitrogens with zero attached hydrogens (tertiary/aromatic N) is 2. The zero-order chi connectivity index (χ0) is 14.7. The van der Waals surface area contributed by atoms with Crippen LogP contribution in [0.1, 0.15) is 26.4 Å². The largest absolute Gasteiger partial charge is 0.345 e. The third-order valence-corrected chi connectivity index (χ3v) is 3.39. The molecule has 1 aromatic carbocycles. The Hall–Kier alpha value is -2.21. The highest BCUT2D eigenvalue weighted by molar-refractivity contribution is 7.07. The minimum Gasteiger partial charge on any atom is -0.345 e. The lowest BCUT2D eigenvalue weighted by molar-refractivity contribution is 0.0827. The van der Waals surface area contributed by atoms with Crippen LogP contribution in [0.4, 0.5) is 5.69 Å². The van der Waals surface area contributed by atoms with E-state index in [2.05, 4.69) is 10.3 Å². The Morgan fingerprint density at radius 3 is 2.65 bits per heavy atom. The van der Waals surface area contributed by atoms with Crippen LogP contribution in [-0.2, 0) is 0 Å². The van der Waals surface area contributed by atoms with Crippen LogP contribution < -0.4 is 5.32 Å². The normalized spacial score (nSPS) is 10.2.